The Balaban J connectivity index is 2.52. The van der Waals surface area contributed by atoms with Crippen molar-refractivity contribution in [1.82, 2.24) is 9.97 Å². The molecule has 0 spiro atoms. The minimum absolute atomic E-state index is 0.683. The molecular formula is C12H20BrN3S. The first-order chi connectivity index (χ1) is 8.15. The summed E-state index contributed by atoms with van der Waals surface area (Å²) in [5, 5.41) is 4.04. The smallest absolute Gasteiger partial charge is 0.132 e. The monoisotopic (exact) mass is 317 g/mol. The Morgan fingerprint density at radius 1 is 1.47 bits per heavy atom. The SMILES string of the molecule is CCCc1nc(Br)cc(NCCC(C)SC)n1. The van der Waals surface area contributed by atoms with Crippen LogP contribution in [0.15, 0.2) is 10.7 Å². The Kier molecular flexibility index (Phi) is 6.89. The molecule has 0 aromatic carbocycles. The van der Waals surface area contributed by atoms with E-state index in [1.807, 2.05) is 17.8 Å². The van der Waals surface area contributed by atoms with Crippen LogP contribution < -0.4 is 5.32 Å². The lowest BCUT2D eigenvalue weighted by Gasteiger charge is -2.10. The molecule has 1 N–H and O–H groups in total. The summed E-state index contributed by atoms with van der Waals surface area (Å²) in [4.78, 5) is 8.83. The summed E-state index contributed by atoms with van der Waals surface area (Å²) >= 11 is 5.31. The molecule has 17 heavy (non-hydrogen) atoms. The fourth-order valence-corrected chi connectivity index (χ4v) is 2.19. The number of nitrogens with one attached hydrogen (secondary N) is 1. The van der Waals surface area contributed by atoms with E-state index in [1.165, 1.54) is 0 Å². The number of anilines is 1. The molecule has 1 aromatic rings. The lowest BCUT2D eigenvalue weighted by molar-refractivity contribution is 0.817. The van der Waals surface area contributed by atoms with Gasteiger partial charge in [0.2, 0.25) is 0 Å². The van der Waals surface area contributed by atoms with Crippen LogP contribution >= 0.6 is 27.7 Å². The van der Waals surface area contributed by atoms with Gasteiger partial charge in [-0.05, 0) is 35.0 Å². The maximum atomic E-state index is 4.49. The molecule has 0 fully saturated rings. The summed E-state index contributed by atoms with van der Waals surface area (Å²) in [6.45, 7) is 5.33. The van der Waals surface area contributed by atoms with Crippen molar-refractivity contribution in [1.29, 1.82) is 0 Å². The summed E-state index contributed by atoms with van der Waals surface area (Å²) in [5.41, 5.74) is 0. The van der Waals surface area contributed by atoms with Crippen LogP contribution in [0.25, 0.3) is 0 Å². The molecule has 0 saturated heterocycles. The number of hydrogen-bond donors (Lipinski definition) is 1. The van der Waals surface area contributed by atoms with Crippen LogP contribution in [-0.4, -0.2) is 28.0 Å². The van der Waals surface area contributed by atoms with E-state index in [1.54, 1.807) is 0 Å². The molecule has 1 heterocycles. The van der Waals surface area contributed by atoms with Gasteiger partial charge < -0.3 is 5.32 Å². The number of thioether (sulfide) groups is 1. The zero-order valence-electron chi connectivity index (χ0n) is 10.7. The van der Waals surface area contributed by atoms with E-state index in [4.69, 9.17) is 0 Å². The van der Waals surface area contributed by atoms with Gasteiger partial charge in [-0.2, -0.15) is 11.8 Å². The molecule has 5 heteroatoms. The second kappa shape index (κ2) is 7.93. The van der Waals surface area contributed by atoms with Gasteiger partial charge in [0.05, 0.1) is 0 Å². The van der Waals surface area contributed by atoms with Gasteiger partial charge in [-0.1, -0.05) is 13.8 Å². The number of nitrogens with zero attached hydrogens (tertiary/aromatic N) is 2. The van der Waals surface area contributed by atoms with Crippen molar-refractivity contribution >= 4 is 33.5 Å². The van der Waals surface area contributed by atoms with Gasteiger partial charge in [0.1, 0.15) is 16.2 Å². The normalized spacial score (nSPS) is 12.5. The number of rotatable bonds is 7. The summed E-state index contributed by atoms with van der Waals surface area (Å²) in [6.07, 6.45) is 5.28. The van der Waals surface area contributed by atoms with Crippen molar-refractivity contribution in [3.63, 3.8) is 0 Å². The predicted octanol–water partition coefficient (Wildman–Crippen LogP) is 3.75. The molecule has 0 bridgehead atoms. The van der Waals surface area contributed by atoms with Crippen molar-refractivity contribution in [2.45, 2.75) is 38.4 Å². The second-order valence-electron chi connectivity index (χ2n) is 4.00. The van der Waals surface area contributed by atoms with Gasteiger partial charge in [0.15, 0.2) is 0 Å². The molecule has 1 atom stereocenters. The first kappa shape index (κ1) is 14.8. The van der Waals surface area contributed by atoms with Crippen LogP contribution in [0, 0.1) is 0 Å². The second-order valence-corrected chi connectivity index (χ2v) is 6.09. The van der Waals surface area contributed by atoms with Crippen molar-refractivity contribution in [2.75, 3.05) is 18.1 Å². The van der Waals surface area contributed by atoms with E-state index in [0.717, 1.165) is 42.1 Å². The van der Waals surface area contributed by atoms with Gasteiger partial charge in [-0.25, -0.2) is 9.97 Å². The summed E-state index contributed by atoms with van der Waals surface area (Å²) in [7, 11) is 0. The first-order valence-electron chi connectivity index (χ1n) is 5.95. The van der Waals surface area contributed by atoms with Crippen molar-refractivity contribution < 1.29 is 0 Å². The minimum atomic E-state index is 0.683. The number of hydrogen-bond acceptors (Lipinski definition) is 4. The summed E-state index contributed by atoms with van der Waals surface area (Å²) in [5.74, 6) is 1.82. The van der Waals surface area contributed by atoms with Gasteiger partial charge in [-0.15, -0.1) is 0 Å². The van der Waals surface area contributed by atoms with Gasteiger partial charge in [0, 0.05) is 24.3 Å². The van der Waals surface area contributed by atoms with Crippen molar-refractivity contribution in [3.05, 3.63) is 16.5 Å². The van der Waals surface area contributed by atoms with E-state index in [2.05, 4.69) is 51.3 Å². The quantitative estimate of drug-likeness (QED) is 0.777. The molecule has 0 aliphatic carbocycles. The summed E-state index contributed by atoms with van der Waals surface area (Å²) < 4.78 is 0.858. The third-order valence-electron chi connectivity index (χ3n) is 2.47. The van der Waals surface area contributed by atoms with E-state index < -0.39 is 0 Å². The molecular weight excluding hydrogens is 298 g/mol. The highest BCUT2D eigenvalue weighted by atomic mass is 79.9. The molecule has 1 unspecified atom stereocenters. The minimum Gasteiger partial charge on any atom is -0.370 e. The van der Waals surface area contributed by atoms with Crippen LogP contribution in [0.3, 0.4) is 0 Å². The average Bonchev–Trinajstić information content (AvgIpc) is 2.28. The highest BCUT2D eigenvalue weighted by Gasteiger charge is 2.03. The Bertz CT molecular complexity index is 347. The molecule has 96 valence electrons. The number of aromatic nitrogens is 2. The van der Waals surface area contributed by atoms with E-state index in [0.29, 0.717) is 5.25 Å². The van der Waals surface area contributed by atoms with Crippen LogP contribution in [0.5, 0.6) is 0 Å². The Labute approximate surface area is 116 Å². The molecule has 0 saturated carbocycles. The van der Waals surface area contributed by atoms with Crippen molar-refractivity contribution in [3.8, 4) is 0 Å². The van der Waals surface area contributed by atoms with Gasteiger partial charge >= 0.3 is 0 Å². The lowest BCUT2D eigenvalue weighted by atomic mass is 10.3. The third kappa shape index (κ3) is 5.73. The zero-order chi connectivity index (χ0) is 12.7. The molecule has 0 aliphatic heterocycles. The standard InChI is InChI=1S/C12H20BrN3S/c1-4-5-11-15-10(13)8-12(16-11)14-7-6-9(2)17-3/h8-9H,4-7H2,1-3H3,(H,14,15,16). The van der Waals surface area contributed by atoms with E-state index in [9.17, 15) is 0 Å². The average molecular weight is 318 g/mol. The van der Waals surface area contributed by atoms with Crippen LogP contribution in [0.4, 0.5) is 5.82 Å². The van der Waals surface area contributed by atoms with Crippen LogP contribution in [0.1, 0.15) is 32.5 Å². The Hall–Kier alpha value is -0.290. The maximum absolute atomic E-state index is 4.49. The Morgan fingerprint density at radius 2 is 2.24 bits per heavy atom. The fraction of sp³-hybridized carbons (Fsp3) is 0.667. The maximum Gasteiger partial charge on any atom is 0.132 e. The van der Waals surface area contributed by atoms with E-state index >= 15 is 0 Å². The zero-order valence-corrected chi connectivity index (χ0v) is 13.1. The van der Waals surface area contributed by atoms with Gasteiger partial charge in [-0.3, -0.25) is 0 Å². The first-order valence-corrected chi connectivity index (χ1v) is 8.04. The molecule has 1 rings (SSSR count). The van der Waals surface area contributed by atoms with Crippen molar-refractivity contribution in [2.24, 2.45) is 0 Å². The molecule has 0 radical (unpaired) electrons. The summed E-state index contributed by atoms with van der Waals surface area (Å²) in [6, 6.07) is 1.93. The van der Waals surface area contributed by atoms with Crippen LogP contribution in [0.2, 0.25) is 0 Å². The topological polar surface area (TPSA) is 37.8 Å². The number of aryl methyl sites for hydroxylation is 1. The molecule has 1 aromatic heterocycles. The molecule has 0 aliphatic rings. The Morgan fingerprint density at radius 3 is 2.88 bits per heavy atom. The fourth-order valence-electron chi connectivity index (χ4n) is 1.41. The lowest BCUT2D eigenvalue weighted by Crippen LogP contribution is -2.10. The number of halogens is 1. The predicted molar refractivity (Wildman–Crippen MR) is 79.8 cm³/mol. The highest BCUT2D eigenvalue weighted by molar-refractivity contribution is 9.10. The largest absolute Gasteiger partial charge is 0.370 e. The molecule has 0 amide bonds. The van der Waals surface area contributed by atoms with Crippen LogP contribution in [-0.2, 0) is 6.42 Å². The third-order valence-corrected chi connectivity index (χ3v) is 3.92. The molecule has 3 nitrogen and oxygen atoms in total. The highest BCUT2D eigenvalue weighted by Crippen LogP contribution is 2.14. The van der Waals surface area contributed by atoms with Gasteiger partial charge in [0.25, 0.3) is 0 Å². The van der Waals surface area contributed by atoms with E-state index in [-0.39, 0.29) is 0 Å².